The van der Waals surface area contributed by atoms with Gasteiger partial charge in [-0.1, -0.05) is 0 Å². The van der Waals surface area contributed by atoms with Crippen LogP contribution >= 0.6 is 0 Å². The van der Waals surface area contributed by atoms with Crippen LogP contribution in [0.1, 0.15) is 28.8 Å². The van der Waals surface area contributed by atoms with Gasteiger partial charge in [0.2, 0.25) is 0 Å². The molecule has 2 aliphatic heterocycles. The molecule has 0 aromatic heterocycles. The number of carbonyl (C=O) groups excluding carboxylic acids is 3. The Bertz CT molecular complexity index is 873. The predicted molar refractivity (Wildman–Crippen MR) is 90.4 cm³/mol. The number of hydrogen-bond donors (Lipinski definition) is 0. The summed E-state index contributed by atoms with van der Waals surface area (Å²) in [5.41, 5.74) is 0.943. The zero-order valence-electron chi connectivity index (χ0n) is 14.8. The molecule has 2 atom stereocenters. The number of ketones is 2. The van der Waals surface area contributed by atoms with Crippen LogP contribution in [-0.2, 0) is 19.9 Å². The first-order valence-corrected chi connectivity index (χ1v) is 8.38. The van der Waals surface area contributed by atoms with Crippen LogP contribution in [-0.4, -0.2) is 56.4 Å². The summed E-state index contributed by atoms with van der Waals surface area (Å²) in [5, 5.41) is 0. The monoisotopic (exact) mass is 357 g/mol. The quantitative estimate of drug-likeness (QED) is 0.757. The number of Topliss-reactive ketones (excluding diaryl/α,β-unsaturated/α-hetero) is 1. The fraction of sp³-hybridized carbons (Fsp3) is 0.421. The Morgan fingerprint density at radius 1 is 1.08 bits per heavy atom. The molecular weight excluding hydrogens is 338 g/mol. The minimum atomic E-state index is -0.853. The molecule has 136 valence electrons. The summed E-state index contributed by atoms with van der Waals surface area (Å²) < 4.78 is 16.1. The van der Waals surface area contributed by atoms with Gasteiger partial charge in [-0.15, -0.1) is 0 Å². The average Bonchev–Trinajstić information content (AvgIpc) is 3.03. The van der Waals surface area contributed by atoms with Crippen LogP contribution in [0.3, 0.4) is 0 Å². The van der Waals surface area contributed by atoms with E-state index in [1.165, 1.54) is 21.3 Å². The Labute approximate surface area is 150 Å². The molecule has 7 nitrogen and oxygen atoms in total. The smallest absolute Gasteiger partial charge is 0.295 e. The zero-order valence-corrected chi connectivity index (χ0v) is 14.8. The maximum Gasteiger partial charge on any atom is 0.295 e. The van der Waals surface area contributed by atoms with Crippen molar-refractivity contribution in [1.82, 2.24) is 4.90 Å². The topological polar surface area (TPSA) is 82.1 Å². The van der Waals surface area contributed by atoms with Gasteiger partial charge in [-0.2, -0.15) is 0 Å². The SMILES string of the molecule is COc1cc2c(cc1OC)C13CC(OC)C(=O)C=C1CCN3C(=O)C2=O. The molecule has 4 rings (SSSR count). The standard InChI is InChI=1S/C19H19NO6/c1-24-14-7-11-12(8-15(14)25-2)19-9-16(26-3)13(21)6-10(19)4-5-20(19)18(23)17(11)22/h6-8,16H,4-5,9H2,1-3H3. The number of carbonyl (C=O) groups is 3. The van der Waals surface area contributed by atoms with Gasteiger partial charge in [-0.25, -0.2) is 0 Å². The lowest BCUT2D eigenvalue weighted by molar-refractivity contribution is -0.136. The zero-order chi connectivity index (χ0) is 18.6. The maximum atomic E-state index is 12.8. The van der Waals surface area contributed by atoms with E-state index >= 15 is 0 Å². The Morgan fingerprint density at radius 2 is 1.77 bits per heavy atom. The molecule has 0 saturated carbocycles. The summed E-state index contributed by atoms with van der Waals surface area (Å²) in [6, 6.07) is 3.29. The first-order chi connectivity index (χ1) is 12.5. The van der Waals surface area contributed by atoms with Crippen LogP contribution < -0.4 is 9.47 Å². The maximum absolute atomic E-state index is 12.8. The van der Waals surface area contributed by atoms with Crippen molar-refractivity contribution in [1.29, 1.82) is 0 Å². The van der Waals surface area contributed by atoms with Crippen molar-refractivity contribution in [3.8, 4) is 11.5 Å². The van der Waals surface area contributed by atoms with E-state index in [9.17, 15) is 14.4 Å². The van der Waals surface area contributed by atoms with E-state index in [-0.39, 0.29) is 12.2 Å². The van der Waals surface area contributed by atoms with E-state index in [2.05, 4.69) is 0 Å². The van der Waals surface area contributed by atoms with Crippen molar-refractivity contribution >= 4 is 17.5 Å². The third-order valence-electron chi connectivity index (χ3n) is 5.65. The highest BCUT2D eigenvalue weighted by Gasteiger charge is 2.58. The molecule has 1 saturated heterocycles. The molecule has 7 heteroatoms. The normalized spacial score (nSPS) is 26.9. The second-order valence-corrected chi connectivity index (χ2v) is 6.65. The lowest BCUT2D eigenvalue weighted by atomic mass is 9.70. The second kappa shape index (κ2) is 5.67. The number of amides is 1. The van der Waals surface area contributed by atoms with Gasteiger partial charge in [0.15, 0.2) is 17.3 Å². The minimum Gasteiger partial charge on any atom is -0.493 e. The molecule has 0 N–H and O–H groups in total. The van der Waals surface area contributed by atoms with Crippen LogP contribution in [0.15, 0.2) is 23.8 Å². The molecule has 26 heavy (non-hydrogen) atoms. The van der Waals surface area contributed by atoms with E-state index in [1.54, 1.807) is 23.1 Å². The van der Waals surface area contributed by atoms with Crippen molar-refractivity contribution in [3.63, 3.8) is 0 Å². The molecule has 0 bridgehead atoms. The molecule has 1 aromatic rings. The van der Waals surface area contributed by atoms with Crippen LogP contribution in [0.4, 0.5) is 0 Å². The van der Waals surface area contributed by atoms with Crippen molar-refractivity contribution in [2.45, 2.75) is 24.5 Å². The Kier molecular flexibility index (Phi) is 3.66. The molecule has 2 unspecified atom stereocenters. The van der Waals surface area contributed by atoms with Crippen molar-refractivity contribution in [2.24, 2.45) is 0 Å². The van der Waals surface area contributed by atoms with Gasteiger partial charge < -0.3 is 19.1 Å². The van der Waals surface area contributed by atoms with Crippen molar-refractivity contribution < 1.29 is 28.6 Å². The van der Waals surface area contributed by atoms with Crippen LogP contribution in [0, 0.1) is 0 Å². The number of ether oxygens (including phenoxy) is 3. The Hall–Kier alpha value is -2.67. The molecule has 1 fully saturated rings. The second-order valence-electron chi connectivity index (χ2n) is 6.65. The number of fused-ring (bicyclic) bond motifs is 1. The summed E-state index contributed by atoms with van der Waals surface area (Å²) in [4.78, 5) is 39.4. The highest BCUT2D eigenvalue weighted by Crippen LogP contribution is 2.54. The van der Waals surface area contributed by atoms with Crippen LogP contribution in [0.2, 0.25) is 0 Å². The van der Waals surface area contributed by atoms with Gasteiger partial charge in [0.25, 0.3) is 11.7 Å². The van der Waals surface area contributed by atoms with Gasteiger partial charge >= 0.3 is 0 Å². The average molecular weight is 357 g/mol. The largest absolute Gasteiger partial charge is 0.493 e. The lowest BCUT2D eigenvalue weighted by Crippen LogP contribution is -2.56. The summed E-state index contributed by atoms with van der Waals surface area (Å²) in [5.74, 6) is -0.381. The van der Waals surface area contributed by atoms with Gasteiger partial charge in [-0.3, -0.25) is 14.4 Å². The number of nitrogens with zero attached hydrogens (tertiary/aromatic N) is 1. The fourth-order valence-electron chi connectivity index (χ4n) is 4.42. The number of methoxy groups -OCH3 is 3. The van der Waals surface area contributed by atoms with E-state index < -0.39 is 23.3 Å². The number of hydrogen-bond acceptors (Lipinski definition) is 6. The first-order valence-electron chi connectivity index (χ1n) is 8.38. The highest BCUT2D eigenvalue weighted by atomic mass is 16.5. The van der Waals surface area contributed by atoms with Crippen molar-refractivity contribution in [2.75, 3.05) is 27.9 Å². The first kappa shape index (κ1) is 16.8. The molecule has 1 amide bonds. The molecule has 2 heterocycles. The third kappa shape index (κ3) is 1.94. The molecule has 3 aliphatic rings. The predicted octanol–water partition coefficient (Wildman–Crippen LogP) is 1.24. The van der Waals surface area contributed by atoms with Gasteiger partial charge in [0, 0.05) is 25.6 Å². The van der Waals surface area contributed by atoms with Gasteiger partial charge in [0.05, 0.1) is 19.8 Å². The Balaban J connectivity index is 2.03. The number of benzene rings is 1. The van der Waals surface area contributed by atoms with Crippen molar-refractivity contribution in [3.05, 3.63) is 34.9 Å². The lowest BCUT2D eigenvalue weighted by Gasteiger charge is -2.46. The minimum absolute atomic E-state index is 0.110. The summed E-state index contributed by atoms with van der Waals surface area (Å²) in [6.07, 6.45) is 1.74. The highest BCUT2D eigenvalue weighted by molar-refractivity contribution is 6.44. The van der Waals surface area contributed by atoms with E-state index in [0.717, 1.165) is 5.57 Å². The fourth-order valence-corrected chi connectivity index (χ4v) is 4.42. The van der Waals surface area contributed by atoms with Crippen LogP contribution in [0.25, 0.3) is 0 Å². The van der Waals surface area contributed by atoms with Gasteiger partial charge in [-0.05, 0) is 35.8 Å². The third-order valence-corrected chi connectivity index (χ3v) is 5.65. The molecule has 1 spiro atoms. The van der Waals surface area contributed by atoms with Crippen LogP contribution in [0.5, 0.6) is 11.5 Å². The molecule has 1 aromatic carbocycles. The van der Waals surface area contributed by atoms with E-state index in [4.69, 9.17) is 14.2 Å². The summed E-state index contributed by atoms with van der Waals surface area (Å²) >= 11 is 0. The molecular formula is C19H19NO6. The van der Waals surface area contributed by atoms with E-state index in [1.807, 2.05) is 0 Å². The van der Waals surface area contributed by atoms with Gasteiger partial charge in [0.1, 0.15) is 6.10 Å². The Morgan fingerprint density at radius 3 is 2.42 bits per heavy atom. The summed E-state index contributed by atoms with van der Waals surface area (Å²) in [6.45, 7) is 0.397. The molecule has 1 aliphatic carbocycles. The summed E-state index contributed by atoms with van der Waals surface area (Å²) in [7, 11) is 4.47. The van der Waals surface area contributed by atoms with E-state index in [0.29, 0.717) is 35.6 Å². The molecule has 0 radical (unpaired) electrons. The number of rotatable bonds is 3.